The van der Waals surface area contributed by atoms with Crippen LogP contribution >= 0.6 is 0 Å². The van der Waals surface area contributed by atoms with Gasteiger partial charge in [0.25, 0.3) is 0 Å². The molecular formula is C19H36N4O8. The fourth-order valence-corrected chi connectivity index (χ4v) is 3.48. The zero-order chi connectivity index (χ0) is 22.8. The molecular weight excluding hydrogens is 412 g/mol. The van der Waals surface area contributed by atoms with Gasteiger partial charge in [0, 0.05) is 53.7 Å². The minimum atomic E-state index is -1.63. The van der Waals surface area contributed by atoms with Gasteiger partial charge in [-0.25, -0.2) is 0 Å². The van der Waals surface area contributed by atoms with Crippen LogP contribution in [0, 0.1) is 0 Å². The maximum Gasteiger partial charge on any atom is 0.171 e. The van der Waals surface area contributed by atoms with Crippen molar-refractivity contribution in [2.24, 2.45) is 0 Å². The highest BCUT2D eigenvalue weighted by atomic mass is 16.5. The van der Waals surface area contributed by atoms with Crippen LogP contribution in [0.2, 0.25) is 0 Å². The molecule has 12 heteroatoms. The Labute approximate surface area is 181 Å². The van der Waals surface area contributed by atoms with E-state index < -0.39 is 36.6 Å². The largest absolute Gasteiger partial charge is 0.388 e. The van der Waals surface area contributed by atoms with Crippen molar-refractivity contribution in [2.75, 3.05) is 52.1 Å². The lowest BCUT2D eigenvalue weighted by Gasteiger charge is -2.45. The molecule has 0 bridgehead atoms. The van der Waals surface area contributed by atoms with Crippen LogP contribution in [0.5, 0.6) is 0 Å². The summed E-state index contributed by atoms with van der Waals surface area (Å²) < 4.78 is 17.6. The Balaban J connectivity index is 1.68. The first-order valence-electron chi connectivity index (χ1n) is 10.6. The number of aliphatic hydroxyl groups excluding tert-OH is 5. The predicted molar refractivity (Wildman–Crippen MR) is 110 cm³/mol. The van der Waals surface area contributed by atoms with Crippen LogP contribution in [-0.2, 0) is 20.8 Å². The van der Waals surface area contributed by atoms with Gasteiger partial charge in [-0.15, -0.1) is 5.10 Å². The molecule has 0 radical (unpaired) electrons. The summed E-state index contributed by atoms with van der Waals surface area (Å²) in [5.74, 6) is 0.352. The highest BCUT2D eigenvalue weighted by molar-refractivity contribution is 5.37. The van der Waals surface area contributed by atoms with Crippen LogP contribution < -0.4 is 4.90 Å². The molecule has 1 heterocycles. The summed E-state index contributed by atoms with van der Waals surface area (Å²) in [7, 11) is 3.23. The van der Waals surface area contributed by atoms with Gasteiger partial charge in [0.15, 0.2) is 5.82 Å². The van der Waals surface area contributed by atoms with E-state index in [-0.39, 0.29) is 0 Å². The molecule has 0 amide bonds. The second-order valence-electron chi connectivity index (χ2n) is 7.67. The molecule has 5 N–H and O–H groups in total. The molecule has 4 unspecified atom stereocenters. The zero-order valence-corrected chi connectivity index (χ0v) is 18.2. The Morgan fingerprint density at radius 3 is 1.94 bits per heavy atom. The van der Waals surface area contributed by atoms with E-state index in [1.165, 1.54) is 4.90 Å². The smallest absolute Gasteiger partial charge is 0.171 e. The summed E-state index contributed by atoms with van der Waals surface area (Å²) in [6.45, 7) is 3.78. The Morgan fingerprint density at radius 2 is 1.35 bits per heavy atom. The van der Waals surface area contributed by atoms with Gasteiger partial charge in [-0.3, -0.25) is 4.68 Å². The number of anilines is 1. The molecule has 0 saturated heterocycles. The summed E-state index contributed by atoms with van der Waals surface area (Å²) in [5, 5.41) is 58.0. The minimum Gasteiger partial charge on any atom is -0.388 e. The van der Waals surface area contributed by atoms with Gasteiger partial charge in [-0.1, -0.05) is 5.21 Å². The molecule has 0 aliphatic heterocycles. The molecule has 4 atom stereocenters. The van der Waals surface area contributed by atoms with Gasteiger partial charge in [-0.05, 0) is 19.3 Å². The van der Waals surface area contributed by atoms with Crippen molar-refractivity contribution in [3.05, 3.63) is 6.20 Å². The molecule has 1 fully saturated rings. The number of aryl methyl sites for hydroxylation is 1. The number of aromatic nitrogens is 3. The van der Waals surface area contributed by atoms with E-state index in [1.807, 2.05) is 0 Å². The van der Waals surface area contributed by atoms with Crippen molar-refractivity contribution in [1.29, 1.82) is 0 Å². The SMILES string of the molecule is COCCCOCCCOCCCn1cc(N(C)C2C(O)C(O)C(O)C(O)C2O)nn1. The quantitative estimate of drug-likeness (QED) is 0.195. The van der Waals surface area contributed by atoms with Crippen LogP contribution in [0.15, 0.2) is 6.20 Å². The maximum absolute atomic E-state index is 10.2. The Hall–Kier alpha value is -1.38. The van der Waals surface area contributed by atoms with Gasteiger partial charge >= 0.3 is 0 Å². The lowest BCUT2D eigenvalue weighted by Crippen LogP contribution is -2.68. The van der Waals surface area contributed by atoms with Crippen molar-refractivity contribution in [3.63, 3.8) is 0 Å². The van der Waals surface area contributed by atoms with Crippen LogP contribution in [-0.4, -0.2) is 124 Å². The summed E-state index contributed by atoms with van der Waals surface area (Å²) >= 11 is 0. The molecule has 2 rings (SSSR count). The van der Waals surface area contributed by atoms with E-state index in [4.69, 9.17) is 14.2 Å². The van der Waals surface area contributed by atoms with Gasteiger partial charge < -0.3 is 44.6 Å². The van der Waals surface area contributed by atoms with Crippen LogP contribution in [0.4, 0.5) is 5.82 Å². The number of nitrogens with zero attached hydrogens (tertiary/aromatic N) is 4. The summed E-state index contributed by atoms with van der Waals surface area (Å²) in [4.78, 5) is 1.43. The van der Waals surface area contributed by atoms with Crippen LogP contribution in [0.3, 0.4) is 0 Å². The van der Waals surface area contributed by atoms with Gasteiger partial charge in [-0.2, -0.15) is 0 Å². The minimum absolute atomic E-state index is 0.352. The monoisotopic (exact) mass is 448 g/mol. The van der Waals surface area contributed by atoms with Crippen molar-refractivity contribution in [1.82, 2.24) is 15.0 Å². The molecule has 31 heavy (non-hydrogen) atoms. The molecule has 12 nitrogen and oxygen atoms in total. The number of hydrogen-bond donors (Lipinski definition) is 5. The summed E-state index contributed by atoms with van der Waals surface area (Å²) in [6.07, 6.45) is -3.69. The fraction of sp³-hybridized carbons (Fsp3) is 0.895. The second kappa shape index (κ2) is 13.2. The molecule has 1 aromatic rings. The molecule has 0 spiro atoms. The first-order chi connectivity index (χ1) is 14.9. The van der Waals surface area contributed by atoms with E-state index in [1.54, 1.807) is 25.0 Å². The van der Waals surface area contributed by atoms with Crippen molar-refractivity contribution in [3.8, 4) is 0 Å². The number of hydrogen-bond acceptors (Lipinski definition) is 11. The van der Waals surface area contributed by atoms with E-state index in [0.29, 0.717) is 45.4 Å². The van der Waals surface area contributed by atoms with E-state index >= 15 is 0 Å². The van der Waals surface area contributed by atoms with Crippen molar-refractivity contribution >= 4 is 5.82 Å². The maximum atomic E-state index is 10.2. The molecule has 0 aromatic carbocycles. The fourth-order valence-electron chi connectivity index (χ4n) is 3.48. The van der Waals surface area contributed by atoms with E-state index in [0.717, 1.165) is 19.3 Å². The number of aliphatic hydroxyl groups is 5. The average Bonchev–Trinajstić information content (AvgIpc) is 3.23. The molecule has 1 aliphatic rings. The second-order valence-corrected chi connectivity index (χ2v) is 7.67. The highest BCUT2D eigenvalue weighted by Crippen LogP contribution is 2.27. The average molecular weight is 449 g/mol. The Morgan fingerprint density at radius 1 is 0.839 bits per heavy atom. The third-order valence-corrected chi connectivity index (χ3v) is 5.32. The van der Waals surface area contributed by atoms with E-state index in [9.17, 15) is 25.5 Å². The predicted octanol–water partition coefficient (Wildman–Crippen LogP) is -2.25. The topological polar surface area (TPSA) is 163 Å². The standard InChI is InChI=1S/C19H36N4O8/c1-22(14-15(24)17(26)19(28)18(27)16(14)25)13-12-23(21-20-13)6-3-8-30-10-5-11-31-9-4-7-29-2/h12,14-19,24-28H,3-11H2,1-2H3. The van der Waals surface area contributed by atoms with E-state index in [2.05, 4.69) is 10.3 Å². The van der Waals surface area contributed by atoms with Crippen molar-refractivity contribution in [2.45, 2.75) is 62.4 Å². The third kappa shape index (κ3) is 7.32. The van der Waals surface area contributed by atoms with Gasteiger partial charge in [0.05, 0.1) is 12.2 Å². The lowest BCUT2D eigenvalue weighted by atomic mass is 9.82. The Kier molecular flexibility index (Phi) is 11.0. The van der Waals surface area contributed by atoms with Crippen LogP contribution in [0.25, 0.3) is 0 Å². The van der Waals surface area contributed by atoms with Gasteiger partial charge in [0.2, 0.25) is 0 Å². The molecule has 1 aromatic heterocycles. The molecule has 1 aliphatic carbocycles. The number of methoxy groups -OCH3 is 1. The van der Waals surface area contributed by atoms with Gasteiger partial charge in [0.1, 0.15) is 30.5 Å². The first-order valence-corrected chi connectivity index (χ1v) is 10.6. The van der Waals surface area contributed by atoms with Crippen LogP contribution in [0.1, 0.15) is 19.3 Å². The molecule has 1 saturated carbocycles. The summed E-state index contributed by atoms with van der Waals surface area (Å²) in [6, 6.07) is -1.06. The third-order valence-electron chi connectivity index (χ3n) is 5.32. The number of ether oxygens (including phenoxy) is 3. The zero-order valence-electron chi connectivity index (χ0n) is 18.2. The number of rotatable bonds is 14. The molecule has 180 valence electrons. The number of likely N-dealkylation sites (N-methyl/N-ethyl adjacent to an activating group) is 1. The summed E-state index contributed by atoms with van der Waals surface area (Å²) in [5.41, 5.74) is 0. The normalized spacial score (nSPS) is 28.7. The first kappa shape index (κ1) is 25.9. The Bertz CT molecular complexity index is 605. The lowest BCUT2D eigenvalue weighted by molar-refractivity contribution is -0.185. The van der Waals surface area contributed by atoms with Crippen molar-refractivity contribution < 1.29 is 39.7 Å². The highest BCUT2D eigenvalue weighted by Gasteiger charge is 2.50.